The summed E-state index contributed by atoms with van der Waals surface area (Å²) in [6.45, 7) is 4.74. The first kappa shape index (κ1) is 7.92. The molecule has 2 heteroatoms. The third-order valence-electron chi connectivity index (χ3n) is 0.906. The van der Waals surface area contributed by atoms with Gasteiger partial charge in [0.15, 0.2) is 6.29 Å². The van der Waals surface area contributed by atoms with Gasteiger partial charge in [-0.15, -0.1) is 0 Å². The van der Waals surface area contributed by atoms with Crippen molar-refractivity contribution in [3.8, 4) is 0 Å². The van der Waals surface area contributed by atoms with Crippen molar-refractivity contribution in [1.29, 1.82) is 0 Å². The van der Waals surface area contributed by atoms with Gasteiger partial charge in [-0.1, -0.05) is 13.8 Å². The number of hydrogen-bond acceptors (Lipinski definition) is 2. The highest BCUT2D eigenvalue weighted by molar-refractivity contribution is 4.49. The van der Waals surface area contributed by atoms with Crippen molar-refractivity contribution in [3.63, 3.8) is 0 Å². The van der Waals surface area contributed by atoms with Crippen molar-refractivity contribution >= 4 is 0 Å². The van der Waals surface area contributed by atoms with Crippen molar-refractivity contribution in [3.05, 3.63) is 0 Å². The SMILES string of the molecule is CC.OC1CCCO1. The first-order chi connectivity index (χ1) is 3.89. The van der Waals surface area contributed by atoms with Crippen LogP contribution in [0.3, 0.4) is 0 Å². The van der Waals surface area contributed by atoms with Gasteiger partial charge in [0.25, 0.3) is 0 Å². The van der Waals surface area contributed by atoms with E-state index in [2.05, 4.69) is 0 Å². The summed E-state index contributed by atoms with van der Waals surface area (Å²) < 4.78 is 4.71. The lowest BCUT2D eigenvalue weighted by molar-refractivity contribution is -0.0589. The molecule has 1 unspecified atom stereocenters. The lowest BCUT2D eigenvalue weighted by Crippen LogP contribution is -1.99. The highest BCUT2D eigenvalue weighted by Crippen LogP contribution is 2.06. The summed E-state index contributed by atoms with van der Waals surface area (Å²) in [5.74, 6) is 0. The second-order valence-electron chi connectivity index (χ2n) is 1.47. The number of ether oxygens (including phenoxy) is 1. The molecule has 1 N–H and O–H groups in total. The Morgan fingerprint density at radius 3 is 2.25 bits per heavy atom. The van der Waals surface area contributed by atoms with E-state index in [4.69, 9.17) is 9.84 Å². The Bertz CT molecular complexity index is 39.8. The minimum Gasteiger partial charge on any atom is -0.368 e. The van der Waals surface area contributed by atoms with Crippen LogP contribution in [0.15, 0.2) is 0 Å². The molecule has 1 atom stereocenters. The second-order valence-corrected chi connectivity index (χ2v) is 1.47. The Labute approximate surface area is 50.5 Å². The zero-order valence-electron chi connectivity index (χ0n) is 5.55. The van der Waals surface area contributed by atoms with E-state index in [-0.39, 0.29) is 0 Å². The van der Waals surface area contributed by atoms with Gasteiger partial charge in [-0.2, -0.15) is 0 Å². The van der Waals surface area contributed by atoms with E-state index in [9.17, 15) is 0 Å². The normalized spacial score (nSPS) is 26.6. The van der Waals surface area contributed by atoms with Crippen LogP contribution in [0.5, 0.6) is 0 Å². The predicted octanol–water partition coefficient (Wildman–Crippen LogP) is 1.14. The largest absolute Gasteiger partial charge is 0.368 e. The lowest BCUT2D eigenvalue weighted by atomic mass is 10.4. The Hall–Kier alpha value is -0.0800. The third-order valence-corrected chi connectivity index (χ3v) is 0.906. The van der Waals surface area contributed by atoms with Crippen molar-refractivity contribution in [2.75, 3.05) is 6.61 Å². The zero-order valence-corrected chi connectivity index (χ0v) is 5.55. The lowest BCUT2D eigenvalue weighted by Gasteiger charge is -1.93. The molecule has 0 amide bonds. The van der Waals surface area contributed by atoms with Gasteiger partial charge in [-0.3, -0.25) is 0 Å². The summed E-state index contributed by atoms with van der Waals surface area (Å²) in [6, 6.07) is 0. The standard InChI is InChI=1S/C4H8O2.C2H6/c5-4-2-1-3-6-4;1-2/h4-5H,1-3H2;1-2H3. The molecule has 1 saturated heterocycles. The fraction of sp³-hybridized carbons (Fsp3) is 1.00. The molecule has 0 aromatic carbocycles. The maximum absolute atomic E-state index is 8.51. The van der Waals surface area contributed by atoms with E-state index in [0.29, 0.717) is 0 Å². The molecule has 0 bridgehead atoms. The van der Waals surface area contributed by atoms with Gasteiger partial charge in [-0.05, 0) is 6.42 Å². The monoisotopic (exact) mass is 118 g/mol. The fourth-order valence-electron chi connectivity index (χ4n) is 0.561. The van der Waals surface area contributed by atoms with Crippen LogP contribution in [0.2, 0.25) is 0 Å². The molecule has 1 rings (SSSR count). The molecule has 2 nitrogen and oxygen atoms in total. The smallest absolute Gasteiger partial charge is 0.154 e. The van der Waals surface area contributed by atoms with E-state index >= 15 is 0 Å². The van der Waals surface area contributed by atoms with E-state index < -0.39 is 6.29 Å². The summed E-state index contributed by atoms with van der Waals surface area (Å²) in [5.41, 5.74) is 0. The molecule has 0 aromatic rings. The van der Waals surface area contributed by atoms with Crippen molar-refractivity contribution < 1.29 is 9.84 Å². The van der Waals surface area contributed by atoms with Crippen molar-refractivity contribution in [1.82, 2.24) is 0 Å². The summed E-state index contributed by atoms with van der Waals surface area (Å²) >= 11 is 0. The maximum Gasteiger partial charge on any atom is 0.154 e. The number of rotatable bonds is 0. The van der Waals surface area contributed by atoms with Gasteiger partial charge in [0.2, 0.25) is 0 Å². The van der Waals surface area contributed by atoms with Crippen LogP contribution in [0.1, 0.15) is 26.7 Å². The van der Waals surface area contributed by atoms with Gasteiger partial charge < -0.3 is 9.84 Å². The summed E-state index contributed by atoms with van der Waals surface area (Å²) in [5, 5.41) is 8.51. The molecule has 1 heterocycles. The molecule has 1 fully saturated rings. The minimum absolute atomic E-state index is 0.454. The molecule has 0 aromatic heterocycles. The highest BCUT2D eigenvalue weighted by Gasteiger charge is 2.09. The fourth-order valence-corrected chi connectivity index (χ4v) is 0.561. The molecule has 0 aliphatic carbocycles. The number of aliphatic hydroxyl groups is 1. The molecule has 0 saturated carbocycles. The molecule has 1 aliphatic heterocycles. The van der Waals surface area contributed by atoms with Crippen LogP contribution >= 0.6 is 0 Å². The van der Waals surface area contributed by atoms with Gasteiger partial charge in [0.1, 0.15) is 0 Å². The number of hydrogen-bond donors (Lipinski definition) is 1. The quantitative estimate of drug-likeness (QED) is 0.517. The van der Waals surface area contributed by atoms with E-state index in [1.54, 1.807) is 0 Å². The zero-order chi connectivity index (χ0) is 6.41. The van der Waals surface area contributed by atoms with Gasteiger partial charge >= 0.3 is 0 Å². The summed E-state index contributed by atoms with van der Waals surface area (Å²) in [7, 11) is 0. The molecule has 8 heavy (non-hydrogen) atoms. The Morgan fingerprint density at radius 1 is 1.50 bits per heavy atom. The van der Waals surface area contributed by atoms with Crippen LogP contribution in [-0.4, -0.2) is 18.0 Å². The minimum atomic E-state index is -0.454. The summed E-state index contributed by atoms with van der Waals surface area (Å²) in [6.07, 6.45) is 1.38. The third kappa shape index (κ3) is 2.99. The maximum atomic E-state index is 8.51. The van der Waals surface area contributed by atoms with Crippen molar-refractivity contribution in [2.24, 2.45) is 0 Å². The Balaban J connectivity index is 0.000000222. The Morgan fingerprint density at radius 2 is 2.12 bits per heavy atom. The first-order valence-electron chi connectivity index (χ1n) is 3.19. The van der Waals surface area contributed by atoms with Gasteiger partial charge in [-0.25, -0.2) is 0 Å². The Kier molecular flexibility index (Phi) is 5.01. The van der Waals surface area contributed by atoms with Crippen LogP contribution in [0, 0.1) is 0 Å². The van der Waals surface area contributed by atoms with Crippen molar-refractivity contribution in [2.45, 2.75) is 33.0 Å². The number of aliphatic hydroxyl groups excluding tert-OH is 1. The molecular weight excluding hydrogens is 104 g/mol. The molecule has 1 aliphatic rings. The highest BCUT2D eigenvalue weighted by atomic mass is 16.6. The van der Waals surface area contributed by atoms with Gasteiger partial charge in [0, 0.05) is 13.0 Å². The second kappa shape index (κ2) is 5.06. The van der Waals surface area contributed by atoms with E-state index in [0.717, 1.165) is 19.4 Å². The molecular formula is C6H14O2. The molecule has 0 spiro atoms. The predicted molar refractivity (Wildman–Crippen MR) is 32.5 cm³/mol. The van der Waals surface area contributed by atoms with Crippen LogP contribution in [0.4, 0.5) is 0 Å². The topological polar surface area (TPSA) is 29.5 Å². The average Bonchev–Trinajstić information content (AvgIpc) is 2.24. The van der Waals surface area contributed by atoms with E-state index in [1.165, 1.54) is 0 Å². The average molecular weight is 118 g/mol. The van der Waals surface area contributed by atoms with Gasteiger partial charge in [0.05, 0.1) is 0 Å². The van der Waals surface area contributed by atoms with E-state index in [1.807, 2.05) is 13.8 Å². The first-order valence-corrected chi connectivity index (χ1v) is 3.19. The molecule has 50 valence electrons. The molecule has 0 radical (unpaired) electrons. The van der Waals surface area contributed by atoms with Crippen LogP contribution in [0.25, 0.3) is 0 Å². The van der Waals surface area contributed by atoms with Crippen LogP contribution < -0.4 is 0 Å². The van der Waals surface area contributed by atoms with Crippen LogP contribution in [-0.2, 0) is 4.74 Å². The summed E-state index contributed by atoms with van der Waals surface area (Å²) in [4.78, 5) is 0.